The lowest BCUT2D eigenvalue weighted by atomic mass is 9.72. The molecule has 90 valence electrons. The molecule has 0 amide bonds. The molecule has 2 aliphatic rings. The molecule has 1 aromatic rings. The Morgan fingerprint density at radius 3 is 2.94 bits per heavy atom. The number of rotatable bonds is 3. The first-order valence-corrected chi connectivity index (χ1v) is 7.15. The third-order valence-electron chi connectivity index (χ3n) is 4.03. The lowest BCUT2D eigenvalue weighted by Gasteiger charge is -2.35. The van der Waals surface area contributed by atoms with E-state index < -0.39 is 10.7 Å². The highest BCUT2D eigenvalue weighted by Gasteiger charge is 2.45. The second-order valence-electron chi connectivity index (χ2n) is 5.06. The van der Waals surface area contributed by atoms with Gasteiger partial charge in [-0.3, -0.25) is 4.79 Å². The quantitative estimate of drug-likeness (QED) is 0.893. The van der Waals surface area contributed by atoms with Gasteiger partial charge in [0.05, 0.1) is 0 Å². The van der Waals surface area contributed by atoms with E-state index in [0.29, 0.717) is 5.92 Å². The number of carboxylic acids is 1. The monoisotopic (exact) mass is 248 g/mol. The smallest absolute Gasteiger partial charge is 0.319 e. The Kier molecular flexibility index (Phi) is 2.66. The Bertz CT molecular complexity index is 449. The Hall–Kier alpha value is -0.960. The molecule has 0 radical (unpaired) electrons. The lowest BCUT2D eigenvalue weighted by Crippen LogP contribution is -2.36. The topological polar surface area (TPSA) is 37.3 Å². The molecular weight excluding hydrogens is 232 g/mol. The summed E-state index contributed by atoms with van der Waals surface area (Å²) in [5.41, 5.74) is 2.78. The predicted molar refractivity (Wildman–Crippen MR) is 69.6 cm³/mol. The first-order chi connectivity index (χ1) is 8.21. The van der Waals surface area contributed by atoms with Crippen LogP contribution in [0, 0.1) is 0 Å². The molecule has 2 unspecified atom stereocenters. The molecule has 17 heavy (non-hydrogen) atoms. The van der Waals surface area contributed by atoms with E-state index in [0.717, 1.165) is 31.4 Å². The van der Waals surface area contributed by atoms with Crippen molar-refractivity contribution in [1.29, 1.82) is 0 Å². The number of fused-ring (bicyclic) bond motifs is 1. The van der Waals surface area contributed by atoms with Gasteiger partial charge < -0.3 is 5.11 Å². The van der Waals surface area contributed by atoms with Crippen LogP contribution >= 0.6 is 11.8 Å². The van der Waals surface area contributed by atoms with Crippen LogP contribution < -0.4 is 0 Å². The number of hydrogen-bond acceptors (Lipinski definition) is 2. The molecule has 0 saturated carbocycles. The molecule has 1 aliphatic carbocycles. The summed E-state index contributed by atoms with van der Waals surface area (Å²) in [4.78, 5) is 11.5. The van der Waals surface area contributed by atoms with Crippen LogP contribution in [-0.4, -0.2) is 21.6 Å². The second kappa shape index (κ2) is 4.05. The Morgan fingerprint density at radius 2 is 2.29 bits per heavy atom. The third-order valence-corrected chi connectivity index (χ3v) is 5.62. The van der Waals surface area contributed by atoms with Gasteiger partial charge in [-0.15, -0.1) is 11.8 Å². The Morgan fingerprint density at radius 1 is 1.47 bits per heavy atom. The van der Waals surface area contributed by atoms with Crippen molar-refractivity contribution in [2.24, 2.45) is 0 Å². The standard InChI is InChI=1S/C14H16O2S/c15-13(16)14(6-3-7-17-14)9-11-8-10-4-1-2-5-12(10)11/h1-2,4-5,11H,3,6-9H2,(H,15,16). The van der Waals surface area contributed by atoms with E-state index in [2.05, 4.69) is 24.3 Å². The van der Waals surface area contributed by atoms with Gasteiger partial charge in [0.25, 0.3) is 0 Å². The zero-order valence-electron chi connectivity index (χ0n) is 9.69. The largest absolute Gasteiger partial charge is 0.480 e. The summed E-state index contributed by atoms with van der Waals surface area (Å²) in [6, 6.07) is 8.42. The summed E-state index contributed by atoms with van der Waals surface area (Å²) in [6.45, 7) is 0. The fourth-order valence-corrected chi connectivity index (χ4v) is 4.47. The SMILES string of the molecule is O=C(O)C1(CC2Cc3ccccc32)CCCS1. The van der Waals surface area contributed by atoms with Crippen molar-refractivity contribution in [3.63, 3.8) is 0 Å². The van der Waals surface area contributed by atoms with Crippen LogP contribution in [0.5, 0.6) is 0 Å². The van der Waals surface area contributed by atoms with Crippen LogP contribution in [0.2, 0.25) is 0 Å². The van der Waals surface area contributed by atoms with Gasteiger partial charge in [0.2, 0.25) is 0 Å². The summed E-state index contributed by atoms with van der Waals surface area (Å²) in [6.07, 6.45) is 3.76. The minimum absolute atomic E-state index is 0.466. The van der Waals surface area contributed by atoms with E-state index >= 15 is 0 Å². The van der Waals surface area contributed by atoms with Crippen LogP contribution in [0.15, 0.2) is 24.3 Å². The molecule has 1 aliphatic heterocycles. The molecule has 0 bridgehead atoms. The number of thioether (sulfide) groups is 1. The van der Waals surface area contributed by atoms with Crippen LogP contribution in [0.1, 0.15) is 36.3 Å². The highest BCUT2D eigenvalue weighted by molar-refractivity contribution is 8.01. The zero-order chi connectivity index (χ0) is 11.9. The van der Waals surface area contributed by atoms with E-state index in [4.69, 9.17) is 0 Å². The van der Waals surface area contributed by atoms with E-state index in [1.807, 2.05) is 0 Å². The summed E-state index contributed by atoms with van der Waals surface area (Å²) < 4.78 is -0.502. The van der Waals surface area contributed by atoms with Gasteiger partial charge >= 0.3 is 5.97 Å². The van der Waals surface area contributed by atoms with Crippen molar-refractivity contribution in [2.75, 3.05) is 5.75 Å². The van der Waals surface area contributed by atoms with Crippen LogP contribution in [0.25, 0.3) is 0 Å². The Labute approximate surface area is 105 Å². The van der Waals surface area contributed by atoms with Gasteiger partial charge in [0.1, 0.15) is 4.75 Å². The predicted octanol–water partition coefficient (Wildman–Crippen LogP) is 3.07. The van der Waals surface area contributed by atoms with Gasteiger partial charge in [0, 0.05) is 0 Å². The molecule has 1 saturated heterocycles. The number of carbonyl (C=O) groups is 1. The fraction of sp³-hybridized carbons (Fsp3) is 0.500. The molecule has 1 aromatic carbocycles. The minimum atomic E-state index is -0.607. The summed E-state index contributed by atoms with van der Waals surface area (Å²) >= 11 is 1.65. The first kappa shape index (κ1) is 11.1. The highest BCUT2D eigenvalue weighted by Crippen LogP contribution is 2.49. The molecule has 1 fully saturated rings. The van der Waals surface area contributed by atoms with Gasteiger partial charge in [-0.25, -0.2) is 0 Å². The zero-order valence-corrected chi connectivity index (χ0v) is 10.5. The average Bonchev–Trinajstić information content (AvgIpc) is 2.76. The van der Waals surface area contributed by atoms with Crippen LogP contribution in [-0.2, 0) is 11.2 Å². The number of benzene rings is 1. The average molecular weight is 248 g/mol. The molecular formula is C14H16O2S. The molecule has 0 spiro atoms. The van der Waals surface area contributed by atoms with Crippen LogP contribution in [0.4, 0.5) is 0 Å². The number of hydrogen-bond donors (Lipinski definition) is 1. The van der Waals surface area contributed by atoms with Crippen LogP contribution in [0.3, 0.4) is 0 Å². The molecule has 3 rings (SSSR count). The molecule has 3 heteroatoms. The maximum Gasteiger partial charge on any atom is 0.319 e. The molecule has 1 N–H and O–H groups in total. The van der Waals surface area contributed by atoms with Gasteiger partial charge in [0.15, 0.2) is 0 Å². The van der Waals surface area contributed by atoms with Crippen molar-refractivity contribution in [1.82, 2.24) is 0 Å². The van der Waals surface area contributed by atoms with Gasteiger partial charge in [-0.1, -0.05) is 24.3 Å². The van der Waals surface area contributed by atoms with Gasteiger partial charge in [-0.05, 0) is 48.5 Å². The third kappa shape index (κ3) is 1.77. The molecule has 2 atom stereocenters. The van der Waals surface area contributed by atoms with Crippen molar-refractivity contribution in [2.45, 2.75) is 36.3 Å². The minimum Gasteiger partial charge on any atom is -0.480 e. The summed E-state index contributed by atoms with van der Waals surface area (Å²) in [5, 5.41) is 9.46. The van der Waals surface area contributed by atoms with Crippen molar-refractivity contribution >= 4 is 17.7 Å². The first-order valence-electron chi connectivity index (χ1n) is 6.16. The highest BCUT2D eigenvalue weighted by atomic mass is 32.2. The van der Waals surface area contributed by atoms with E-state index in [-0.39, 0.29) is 0 Å². The van der Waals surface area contributed by atoms with Crippen molar-refractivity contribution in [3.05, 3.63) is 35.4 Å². The van der Waals surface area contributed by atoms with Crippen molar-refractivity contribution < 1.29 is 9.90 Å². The van der Waals surface area contributed by atoms with E-state index in [1.54, 1.807) is 11.8 Å². The van der Waals surface area contributed by atoms with E-state index in [9.17, 15) is 9.90 Å². The Balaban J connectivity index is 1.78. The maximum absolute atomic E-state index is 11.5. The summed E-state index contributed by atoms with van der Waals surface area (Å²) in [7, 11) is 0. The molecule has 2 nitrogen and oxygen atoms in total. The fourth-order valence-electron chi connectivity index (χ4n) is 3.06. The lowest BCUT2D eigenvalue weighted by molar-refractivity contribution is -0.140. The number of aliphatic carboxylic acids is 1. The van der Waals surface area contributed by atoms with E-state index in [1.165, 1.54) is 11.1 Å². The van der Waals surface area contributed by atoms with Crippen molar-refractivity contribution in [3.8, 4) is 0 Å². The summed E-state index contributed by atoms with van der Waals surface area (Å²) in [5.74, 6) is 0.859. The second-order valence-corrected chi connectivity index (χ2v) is 6.53. The van der Waals surface area contributed by atoms with Gasteiger partial charge in [-0.2, -0.15) is 0 Å². The normalized spacial score (nSPS) is 30.7. The number of carboxylic acid groups (broad SMARTS) is 1. The maximum atomic E-state index is 11.5. The molecule has 0 aromatic heterocycles. The molecule has 1 heterocycles.